The van der Waals surface area contributed by atoms with E-state index in [0.29, 0.717) is 6.42 Å². The number of hydrogen-bond acceptors (Lipinski definition) is 1. The molecule has 16 heavy (non-hydrogen) atoms. The number of para-hydroxylation sites is 1. The first kappa shape index (κ1) is 13.5. The van der Waals surface area contributed by atoms with Crippen LogP contribution in [0.25, 0.3) is 0 Å². The normalized spacial score (nSPS) is 10.1. The Morgan fingerprint density at radius 3 is 2.69 bits per heavy atom. The second kappa shape index (κ2) is 7.65. The van der Waals surface area contributed by atoms with E-state index in [1.807, 2.05) is 24.3 Å². The van der Waals surface area contributed by atoms with Gasteiger partial charge in [0.2, 0.25) is 5.91 Å². The van der Waals surface area contributed by atoms with Gasteiger partial charge in [0.1, 0.15) is 0 Å². The molecule has 0 bridgehead atoms. The average molecular weight is 331 g/mol. The van der Waals surface area contributed by atoms with E-state index in [4.69, 9.17) is 0 Å². The Morgan fingerprint density at radius 2 is 2.00 bits per heavy atom. The Balaban J connectivity index is 2.32. The van der Waals surface area contributed by atoms with Gasteiger partial charge in [0.05, 0.1) is 5.69 Å². The molecule has 3 heteroatoms. The fourth-order valence-corrected chi connectivity index (χ4v) is 2.01. The number of carbonyl (C=O) groups excluding carboxylic acids is 1. The van der Waals surface area contributed by atoms with Gasteiger partial charge in [-0.15, -0.1) is 0 Å². The SMILES string of the molecule is CCCCCCC(=O)Nc1ccccc1I. The summed E-state index contributed by atoms with van der Waals surface area (Å²) in [5, 5.41) is 2.94. The second-order valence-electron chi connectivity index (χ2n) is 3.84. The third kappa shape index (κ3) is 4.96. The number of unbranched alkanes of at least 4 members (excludes halogenated alkanes) is 3. The molecule has 0 aliphatic heterocycles. The molecule has 0 aromatic heterocycles. The number of nitrogens with one attached hydrogen (secondary N) is 1. The van der Waals surface area contributed by atoms with Crippen LogP contribution in [0.15, 0.2) is 24.3 Å². The zero-order valence-electron chi connectivity index (χ0n) is 9.63. The molecule has 0 aliphatic carbocycles. The summed E-state index contributed by atoms with van der Waals surface area (Å²) < 4.78 is 1.09. The first-order valence-corrected chi connectivity index (χ1v) is 6.86. The number of amides is 1. The van der Waals surface area contributed by atoms with Crippen LogP contribution in [-0.4, -0.2) is 5.91 Å². The van der Waals surface area contributed by atoms with Gasteiger partial charge in [0.25, 0.3) is 0 Å². The van der Waals surface area contributed by atoms with Gasteiger partial charge in [-0.25, -0.2) is 0 Å². The minimum Gasteiger partial charge on any atom is -0.325 e. The third-order valence-corrected chi connectivity index (χ3v) is 3.35. The molecule has 0 spiro atoms. The number of benzene rings is 1. The molecule has 0 saturated heterocycles. The van der Waals surface area contributed by atoms with Crippen molar-refractivity contribution in [1.82, 2.24) is 0 Å². The molecule has 1 amide bonds. The predicted octanol–water partition coefficient (Wildman–Crippen LogP) is 4.20. The highest BCUT2D eigenvalue weighted by Gasteiger charge is 2.04. The average Bonchev–Trinajstić information content (AvgIpc) is 2.28. The summed E-state index contributed by atoms with van der Waals surface area (Å²) >= 11 is 2.23. The maximum atomic E-state index is 11.6. The number of anilines is 1. The summed E-state index contributed by atoms with van der Waals surface area (Å²) in [6.07, 6.45) is 5.19. The van der Waals surface area contributed by atoms with Crippen molar-refractivity contribution in [3.05, 3.63) is 27.8 Å². The lowest BCUT2D eigenvalue weighted by Gasteiger charge is -2.06. The Morgan fingerprint density at radius 1 is 1.25 bits per heavy atom. The summed E-state index contributed by atoms with van der Waals surface area (Å²) in [4.78, 5) is 11.6. The minimum absolute atomic E-state index is 0.125. The van der Waals surface area contributed by atoms with Crippen molar-refractivity contribution in [2.75, 3.05) is 5.32 Å². The summed E-state index contributed by atoms with van der Waals surface area (Å²) in [6, 6.07) is 7.84. The van der Waals surface area contributed by atoms with E-state index < -0.39 is 0 Å². The second-order valence-corrected chi connectivity index (χ2v) is 5.00. The lowest BCUT2D eigenvalue weighted by Crippen LogP contribution is -2.11. The number of hydrogen-bond donors (Lipinski definition) is 1. The first-order valence-electron chi connectivity index (χ1n) is 5.78. The standard InChI is InChI=1S/C13H18INO/c1-2-3-4-5-10-13(16)15-12-9-7-6-8-11(12)14/h6-9H,2-5,10H2,1H3,(H,15,16). The maximum Gasteiger partial charge on any atom is 0.224 e. The molecule has 0 unspecified atom stereocenters. The molecule has 88 valence electrons. The van der Waals surface area contributed by atoms with Gasteiger partial charge in [-0.2, -0.15) is 0 Å². The highest BCUT2D eigenvalue weighted by atomic mass is 127. The van der Waals surface area contributed by atoms with E-state index in [2.05, 4.69) is 34.8 Å². The largest absolute Gasteiger partial charge is 0.325 e. The monoisotopic (exact) mass is 331 g/mol. The van der Waals surface area contributed by atoms with Crippen LogP contribution >= 0.6 is 22.6 Å². The summed E-state index contributed by atoms with van der Waals surface area (Å²) in [5.41, 5.74) is 0.920. The van der Waals surface area contributed by atoms with Crippen molar-refractivity contribution in [3.8, 4) is 0 Å². The summed E-state index contributed by atoms with van der Waals surface area (Å²) in [7, 11) is 0. The van der Waals surface area contributed by atoms with Crippen LogP contribution in [0.2, 0.25) is 0 Å². The van der Waals surface area contributed by atoms with Gasteiger partial charge in [-0.05, 0) is 41.1 Å². The van der Waals surface area contributed by atoms with Crippen molar-refractivity contribution in [2.45, 2.75) is 39.0 Å². The fraction of sp³-hybridized carbons (Fsp3) is 0.462. The molecule has 0 radical (unpaired) electrons. The summed E-state index contributed by atoms with van der Waals surface area (Å²) in [5.74, 6) is 0.125. The first-order chi connectivity index (χ1) is 7.74. The van der Waals surface area contributed by atoms with E-state index in [0.717, 1.165) is 22.1 Å². The minimum atomic E-state index is 0.125. The van der Waals surface area contributed by atoms with E-state index >= 15 is 0 Å². The van der Waals surface area contributed by atoms with Crippen LogP contribution in [-0.2, 0) is 4.79 Å². The van der Waals surface area contributed by atoms with Crippen LogP contribution in [0.4, 0.5) is 5.69 Å². The van der Waals surface area contributed by atoms with E-state index in [9.17, 15) is 4.79 Å². The molecule has 0 saturated carbocycles. The maximum absolute atomic E-state index is 11.6. The van der Waals surface area contributed by atoms with Crippen molar-refractivity contribution >= 4 is 34.2 Å². The number of rotatable bonds is 6. The predicted molar refractivity (Wildman–Crippen MR) is 76.5 cm³/mol. The van der Waals surface area contributed by atoms with Crippen LogP contribution in [0.1, 0.15) is 39.0 Å². The van der Waals surface area contributed by atoms with Gasteiger partial charge >= 0.3 is 0 Å². The van der Waals surface area contributed by atoms with Crippen molar-refractivity contribution in [3.63, 3.8) is 0 Å². The topological polar surface area (TPSA) is 29.1 Å². The number of carbonyl (C=O) groups is 1. The third-order valence-electron chi connectivity index (χ3n) is 2.41. The fourth-order valence-electron chi connectivity index (χ4n) is 1.49. The summed E-state index contributed by atoms with van der Waals surface area (Å²) in [6.45, 7) is 2.17. The van der Waals surface area contributed by atoms with Gasteiger partial charge in [0, 0.05) is 9.99 Å². The van der Waals surface area contributed by atoms with Crippen LogP contribution in [0, 0.1) is 3.57 Å². The zero-order chi connectivity index (χ0) is 11.8. The van der Waals surface area contributed by atoms with E-state index in [1.165, 1.54) is 12.8 Å². The zero-order valence-corrected chi connectivity index (χ0v) is 11.8. The Labute approximate surface area is 111 Å². The molecule has 0 fully saturated rings. The molecule has 1 N–H and O–H groups in total. The van der Waals surface area contributed by atoms with E-state index in [1.54, 1.807) is 0 Å². The van der Waals surface area contributed by atoms with Gasteiger partial charge in [-0.1, -0.05) is 38.3 Å². The molecule has 1 aromatic rings. The van der Waals surface area contributed by atoms with Crippen LogP contribution in [0.3, 0.4) is 0 Å². The molecule has 0 heterocycles. The van der Waals surface area contributed by atoms with Crippen LogP contribution in [0.5, 0.6) is 0 Å². The van der Waals surface area contributed by atoms with Gasteiger partial charge < -0.3 is 5.32 Å². The molecule has 1 aromatic carbocycles. The highest BCUT2D eigenvalue weighted by molar-refractivity contribution is 14.1. The highest BCUT2D eigenvalue weighted by Crippen LogP contribution is 2.17. The Hall–Kier alpha value is -0.580. The van der Waals surface area contributed by atoms with Crippen molar-refractivity contribution in [2.24, 2.45) is 0 Å². The lowest BCUT2D eigenvalue weighted by atomic mass is 10.1. The Kier molecular flexibility index (Phi) is 6.45. The van der Waals surface area contributed by atoms with Crippen LogP contribution < -0.4 is 5.32 Å². The van der Waals surface area contributed by atoms with E-state index in [-0.39, 0.29) is 5.91 Å². The smallest absolute Gasteiger partial charge is 0.224 e. The molecular weight excluding hydrogens is 313 g/mol. The number of halogens is 1. The molecule has 1 rings (SSSR count). The molecule has 0 aliphatic rings. The lowest BCUT2D eigenvalue weighted by molar-refractivity contribution is -0.116. The van der Waals surface area contributed by atoms with Gasteiger partial charge in [-0.3, -0.25) is 4.79 Å². The van der Waals surface area contributed by atoms with Gasteiger partial charge in [0.15, 0.2) is 0 Å². The molecule has 0 atom stereocenters. The van der Waals surface area contributed by atoms with Crippen molar-refractivity contribution < 1.29 is 4.79 Å². The molecular formula is C13H18INO. The molecule has 2 nitrogen and oxygen atoms in total. The quantitative estimate of drug-likeness (QED) is 0.614. The van der Waals surface area contributed by atoms with Crippen molar-refractivity contribution in [1.29, 1.82) is 0 Å². The Bertz CT molecular complexity index is 338.